The predicted octanol–water partition coefficient (Wildman–Crippen LogP) is 2.16. The second kappa shape index (κ2) is 5.42. The molecule has 0 N–H and O–H groups in total. The van der Waals surface area contributed by atoms with Gasteiger partial charge in [-0.15, -0.1) is 0 Å². The van der Waals surface area contributed by atoms with E-state index < -0.39 is 0 Å². The van der Waals surface area contributed by atoms with Crippen LogP contribution in [0, 0.1) is 0 Å². The molecule has 1 aliphatic rings. The highest BCUT2D eigenvalue weighted by molar-refractivity contribution is 5.30. The van der Waals surface area contributed by atoms with Crippen LogP contribution in [0.1, 0.15) is 17.1 Å². The van der Waals surface area contributed by atoms with Gasteiger partial charge in [-0.05, 0) is 18.2 Å². The first-order chi connectivity index (χ1) is 10.8. The van der Waals surface area contributed by atoms with Crippen molar-refractivity contribution >= 4 is 0 Å². The quantitative estimate of drug-likeness (QED) is 0.743. The Labute approximate surface area is 129 Å². The molecule has 0 atom stereocenters. The molecule has 0 unspecified atom stereocenters. The van der Waals surface area contributed by atoms with Crippen LogP contribution in [0.4, 0.5) is 0 Å². The van der Waals surface area contributed by atoms with Crippen molar-refractivity contribution < 1.29 is 0 Å². The summed E-state index contributed by atoms with van der Waals surface area (Å²) in [6, 6.07) is 12.3. The molecule has 5 nitrogen and oxygen atoms in total. The lowest BCUT2D eigenvalue weighted by Crippen LogP contribution is -2.30. The van der Waals surface area contributed by atoms with Gasteiger partial charge >= 0.3 is 0 Å². The van der Waals surface area contributed by atoms with Gasteiger partial charge in [-0.25, -0.2) is 9.67 Å². The zero-order chi connectivity index (χ0) is 14.9. The summed E-state index contributed by atoms with van der Waals surface area (Å²) in [5.74, 6) is 0. The van der Waals surface area contributed by atoms with Crippen molar-refractivity contribution in [2.75, 3.05) is 6.54 Å². The molecular formula is C17H19N5. The Morgan fingerprint density at radius 3 is 2.86 bits per heavy atom. The molecule has 5 heteroatoms. The average molecular weight is 293 g/mol. The van der Waals surface area contributed by atoms with Crippen LogP contribution in [0.25, 0.3) is 5.69 Å². The van der Waals surface area contributed by atoms with Crippen LogP contribution in [-0.4, -0.2) is 30.8 Å². The van der Waals surface area contributed by atoms with Gasteiger partial charge in [0, 0.05) is 45.0 Å². The van der Waals surface area contributed by atoms with E-state index in [0.717, 1.165) is 37.4 Å². The number of benzene rings is 1. The monoisotopic (exact) mass is 293 g/mol. The van der Waals surface area contributed by atoms with E-state index >= 15 is 0 Å². The summed E-state index contributed by atoms with van der Waals surface area (Å²) >= 11 is 0. The van der Waals surface area contributed by atoms with E-state index in [0.29, 0.717) is 0 Å². The first-order valence-electron chi connectivity index (χ1n) is 7.61. The van der Waals surface area contributed by atoms with Gasteiger partial charge in [0.2, 0.25) is 0 Å². The first kappa shape index (κ1) is 13.3. The standard InChI is InChI=1S/C17H19N5/c1-20-13-18-16-12-21(9-8-17(16)20)11-14-7-10-22(19-14)15-5-3-2-4-6-15/h2-7,10,13H,8-9,11-12H2,1H3. The minimum Gasteiger partial charge on any atom is -0.337 e. The normalized spacial score (nSPS) is 15.0. The van der Waals surface area contributed by atoms with Crippen LogP contribution >= 0.6 is 0 Å². The molecule has 1 aromatic carbocycles. The number of hydrogen-bond acceptors (Lipinski definition) is 3. The highest BCUT2D eigenvalue weighted by Crippen LogP contribution is 2.18. The van der Waals surface area contributed by atoms with Crippen LogP contribution in [0.5, 0.6) is 0 Å². The summed E-state index contributed by atoms with van der Waals surface area (Å²) in [5.41, 5.74) is 4.77. The molecule has 112 valence electrons. The van der Waals surface area contributed by atoms with Gasteiger partial charge in [0.05, 0.1) is 23.4 Å². The molecule has 22 heavy (non-hydrogen) atoms. The fourth-order valence-electron chi connectivity index (χ4n) is 3.05. The number of aromatic nitrogens is 4. The van der Waals surface area contributed by atoms with E-state index in [9.17, 15) is 0 Å². The molecule has 3 heterocycles. The number of aryl methyl sites for hydroxylation is 1. The second-order valence-electron chi connectivity index (χ2n) is 5.80. The smallest absolute Gasteiger partial charge is 0.0949 e. The van der Waals surface area contributed by atoms with E-state index in [2.05, 4.69) is 44.8 Å². The van der Waals surface area contributed by atoms with E-state index in [-0.39, 0.29) is 0 Å². The maximum Gasteiger partial charge on any atom is 0.0949 e. The highest BCUT2D eigenvalue weighted by Gasteiger charge is 2.20. The van der Waals surface area contributed by atoms with E-state index in [1.807, 2.05) is 35.4 Å². The van der Waals surface area contributed by atoms with Crippen LogP contribution in [0.2, 0.25) is 0 Å². The SMILES string of the molecule is Cn1cnc2c1CCN(Cc1ccn(-c3ccccc3)n1)C2. The van der Waals surface area contributed by atoms with Gasteiger partial charge in [0.15, 0.2) is 0 Å². The molecule has 1 aliphatic heterocycles. The molecular weight excluding hydrogens is 274 g/mol. The van der Waals surface area contributed by atoms with E-state index in [1.54, 1.807) is 0 Å². The highest BCUT2D eigenvalue weighted by atomic mass is 15.3. The molecule has 0 radical (unpaired) electrons. The maximum absolute atomic E-state index is 4.69. The second-order valence-corrected chi connectivity index (χ2v) is 5.80. The van der Waals surface area contributed by atoms with Crippen molar-refractivity contribution in [3.05, 3.63) is 66.0 Å². The minimum atomic E-state index is 0.871. The number of imidazole rings is 1. The summed E-state index contributed by atoms with van der Waals surface area (Å²) in [6.45, 7) is 2.84. The number of rotatable bonds is 3. The summed E-state index contributed by atoms with van der Waals surface area (Å²) in [4.78, 5) is 6.91. The average Bonchev–Trinajstić information content (AvgIpc) is 3.16. The molecule has 0 aliphatic carbocycles. The summed E-state index contributed by atoms with van der Waals surface area (Å²) in [6.07, 6.45) is 5.00. The Morgan fingerprint density at radius 1 is 1.14 bits per heavy atom. The number of fused-ring (bicyclic) bond motifs is 1. The van der Waals surface area contributed by atoms with Gasteiger partial charge in [-0.3, -0.25) is 4.90 Å². The predicted molar refractivity (Wildman–Crippen MR) is 84.6 cm³/mol. The Morgan fingerprint density at radius 2 is 2.00 bits per heavy atom. The molecule has 0 fully saturated rings. The third-order valence-electron chi connectivity index (χ3n) is 4.23. The third-order valence-corrected chi connectivity index (χ3v) is 4.23. The topological polar surface area (TPSA) is 38.9 Å². The maximum atomic E-state index is 4.69. The largest absolute Gasteiger partial charge is 0.337 e. The Balaban J connectivity index is 1.48. The van der Waals surface area contributed by atoms with E-state index in [4.69, 9.17) is 0 Å². The fraction of sp³-hybridized carbons (Fsp3) is 0.294. The molecule has 4 rings (SSSR count). The van der Waals surface area contributed by atoms with Crippen molar-refractivity contribution in [2.24, 2.45) is 7.05 Å². The molecule has 3 aromatic rings. The van der Waals surface area contributed by atoms with Crippen molar-refractivity contribution in [1.29, 1.82) is 0 Å². The van der Waals surface area contributed by atoms with Crippen LogP contribution in [0.15, 0.2) is 48.9 Å². The number of hydrogen-bond donors (Lipinski definition) is 0. The summed E-state index contributed by atoms with van der Waals surface area (Å²) in [5, 5.41) is 4.69. The zero-order valence-corrected chi connectivity index (χ0v) is 12.7. The summed E-state index contributed by atoms with van der Waals surface area (Å²) in [7, 11) is 2.07. The van der Waals surface area contributed by atoms with Crippen LogP contribution < -0.4 is 0 Å². The molecule has 2 aromatic heterocycles. The van der Waals surface area contributed by atoms with Gasteiger partial charge in [0.1, 0.15) is 0 Å². The molecule has 0 bridgehead atoms. The fourth-order valence-corrected chi connectivity index (χ4v) is 3.05. The van der Waals surface area contributed by atoms with Gasteiger partial charge in [-0.2, -0.15) is 5.10 Å². The minimum absolute atomic E-state index is 0.871. The Hall–Kier alpha value is -2.40. The lowest BCUT2D eigenvalue weighted by molar-refractivity contribution is 0.237. The van der Waals surface area contributed by atoms with E-state index in [1.165, 1.54) is 11.4 Å². The summed E-state index contributed by atoms with van der Waals surface area (Å²) < 4.78 is 4.07. The van der Waals surface area contributed by atoms with Gasteiger partial charge < -0.3 is 4.57 Å². The van der Waals surface area contributed by atoms with Crippen molar-refractivity contribution in [3.8, 4) is 5.69 Å². The molecule has 0 saturated carbocycles. The Bertz CT molecular complexity index is 771. The first-order valence-corrected chi connectivity index (χ1v) is 7.61. The van der Waals surface area contributed by atoms with Crippen LogP contribution in [-0.2, 0) is 26.6 Å². The number of nitrogens with zero attached hydrogens (tertiary/aromatic N) is 5. The van der Waals surface area contributed by atoms with Crippen molar-refractivity contribution in [2.45, 2.75) is 19.5 Å². The van der Waals surface area contributed by atoms with Gasteiger partial charge in [0.25, 0.3) is 0 Å². The van der Waals surface area contributed by atoms with Crippen molar-refractivity contribution in [3.63, 3.8) is 0 Å². The van der Waals surface area contributed by atoms with Crippen LogP contribution in [0.3, 0.4) is 0 Å². The number of para-hydroxylation sites is 1. The molecule has 0 spiro atoms. The lowest BCUT2D eigenvalue weighted by Gasteiger charge is -2.25. The lowest BCUT2D eigenvalue weighted by atomic mass is 10.1. The van der Waals surface area contributed by atoms with Crippen molar-refractivity contribution in [1.82, 2.24) is 24.2 Å². The molecule has 0 amide bonds. The Kier molecular flexibility index (Phi) is 3.27. The zero-order valence-electron chi connectivity index (χ0n) is 12.7. The van der Waals surface area contributed by atoms with Gasteiger partial charge in [-0.1, -0.05) is 18.2 Å². The molecule has 0 saturated heterocycles. The third kappa shape index (κ3) is 2.44.